The monoisotopic (exact) mass is 207 g/mol. The van der Waals surface area contributed by atoms with Gasteiger partial charge in [-0.15, -0.1) is 0 Å². The molecule has 0 bridgehead atoms. The van der Waals surface area contributed by atoms with Crippen LogP contribution in [0.2, 0.25) is 0 Å². The Morgan fingerprint density at radius 1 is 1.47 bits per heavy atom. The van der Waals surface area contributed by atoms with Gasteiger partial charge in [0.25, 0.3) is 0 Å². The van der Waals surface area contributed by atoms with Crippen molar-refractivity contribution in [1.82, 2.24) is 0 Å². The summed E-state index contributed by atoms with van der Waals surface area (Å²) >= 11 is 0. The maximum Gasteiger partial charge on any atom is 0.441 e. The number of carboxylic acid groups (broad SMARTS) is 1. The van der Waals surface area contributed by atoms with Crippen molar-refractivity contribution in [2.75, 3.05) is 0 Å². The number of ether oxygens (including phenoxy) is 1. The number of cyclic esters (lactones) is 2. The van der Waals surface area contributed by atoms with Gasteiger partial charge in [0.1, 0.15) is 5.92 Å². The number of carboxylic acids is 1. The topological polar surface area (TPSA) is 93.0 Å². The standard InChI is InChI=1S/C9H5NO5/c11-7(12)4-2-1-3-5-6(4)10-9(14)15-8(5)13/h1-4H,(H,11,12). The van der Waals surface area contributed by atoms with Crippen LogP contribution in [-0.2, 0) is 14.3 Å². The summed E-state index contributed by atoms with van der Waals surface area (Å²) in [7, 11) is 0. The number of rotatable bonds is 1. The molecule has 0 fully saturated rings. The number of hydrogen-bond acceptors (Lipinski definition) is 4. The second-order valence-corrected chi connectivity index (χ2v) is 2.93. The molecule has 1 unspecified atom stereocenters. The van der Waals surface area contributed by atoms with Gasteiger partial charge in [0.05, 0.1) is 11.3 Å². The third-order valence-electron chi connectivity index (χ3n) is 2.01. The van der Waals surface area contributed by atoms with Crippen molar-refractivity contribution < 1.29 is 24.2 Å². The molecule has 2 aliphatic rings. The molecule has 0 radical (unpaired) electrons. The van der Waals surface area contributed by atoms with Crippen LogP contribution in [0.15, 0.2) is 28.8 Å². The molecule has 1 heterocycles. The highest BCUT2D eigenvalue weighted by Crippen LogP contribution is 2.21. The van der Waals surface area contributed by atoms with Crippen molar-refractivity contribution in [1.29, 1.82) is 0 Å². The summed E-state index contributed by atoms with van der Waals surface area (Å²) in [6.45, 7) is 0. The van der Waals surface area contributed by atoms with Gasteiger partial charge in [-0.2, -0.15) is 4.99 Å². The number of nitrogens with zero attached hydrogens (tertiary/aromatic N) is 1. The van der Waals surface area contributed by atoms with Gasteiger partial charge in [0, 0.05) is 0 Å². The lowest BCUT2D eigenvalue weighted by atomic mass is 9.91. The van der Waals surface area contributed by atoms with Gasteiger partial charge in [-0.25, -0.2) is 9.59 Å². The van der Waals surface area contributed by atoms with E-state index in [1.807, 2.05) is 0 Å². The minimum atomic E-state index is -1.17. The van der Waals surface area contributed by atoms with E-state index in [-0.39, 0.29) is 11.3 Å². The van der Waals surface area contributed by atoms with Gasteiger partial charge in [-0.3, -0.25) is 4.79 Å². The fourth-order valence-corrected chi connectivity index (χ4v) is 1.36. The molecule has 1 atom stereocenters. The molecule has 0 aromatic rings. The lowest BCUT2D eigenvalue weighted by Gasteiger charge is -2.19. The van der Waals surface area contributed by atoms with Crippen LogP contribution in [0.3, 0.4) is 0 Å². The second kappa shape index (κ2) is 3.16. The Labute approximate surface area is 83.6 Å². The van der Waals surface area contributed by atoms with Crippen LogP contribution in [0.4, 0.5) is 4.79 Å². The maximum atomic E-state index is 11.2. The van der Waals surface area contributed by atoms with E-state index in [0.717, 1.165) is 0 Å². The Balaban J connectivity index is 2.51. The molecule has 0 saturated heterocycles. The second-order valence-electron chi connectivity index (χ2n) is 2.93. The van der Waals surface area contributed by atoms with E-state index in [1.165, 1.54) is 18.2 Å². The van der Waals surface area contributed by atoms with Crippen LogP contribution in [0.25, 0.3) is 0 Å². The number of aliphatic carboxylic acids is 1. The van der Waals surface area contributed by atoms with Crippen molar-refractivity contribution >= 4 is 23.7 Å². The summed E-state index contributed by atoms with van der Waals surface area (Å²) in [5, 5.41) is 8.83. The Morgan fingerprint density at radius 3 is 2.87 bits per heavy atom. The van der Waals surface area contributed by atoms with Gasteiger partial charge < -0.3 is 9.84 Å². The van der Waals surface area contributed by atoms with Gasteiger partial charge in [0.2, 0.25) is 0 Å². The van der Waals surface area contributed by atoms with Gasteiger partial charge in [-0.1, -0.05) is 12.2 Å². The zero-order chi connectivity index (χ0) is 11.0. The predicted molar refractivity (Wildman–Crippen MR) is 47.3 cm³/mol. The van der Waals surface area contributed by atoms with E-state index >= 15 is 0 Å². The maximum absolute atomic E-state index is 11.2. The molecular weight excluding hydrogens is 202 g/mol. The zero-order valence-corrected chi connectivity index (χ0v) is 7.34. The Morgan fingerprint density at radius 2 is 2.20 bits per heavy atom. The zero-order valence-electron chi connectivity index (χ0n) is 7.34. The number of aliphatic imine (C=N–C) groups is 1. The minimum absolute atomic E-state index is 0.0181. The van der Waals surface area contributed by atoms with E-state index in [1.54, 1.807) is 0 Å². The van der Waals surface area contributed by atoms with Crippen LogP contribution in [0, 0.1) is 5.92 Å². The number of hydrogen-bond donors (Lipinski definition) is 1. The van der Waals surface area contributed by atoms with E-state index in [2.05, 4.69) is 9.73 Å². The Bertz CT molecular complexity index is 457. The lowest BCUT2D eigenvalue weighted by Crippen LogP contribution is -2.34. The largest absolute Gasteiger partial charge is 0.481 e. The third kappa shape index (κ3) is 1.45. The number of carbonyl (C=O) groups excluding carboxylic acids is 2. The van der Waals surface area contributed by atoms with Crippen LogP contribution >= 0.6 is 0 Å². The van der Waals surface area contributed by atoms with Crippen LogP contribution in [0.5, 0.6) is 0 Å². The molecule has 0 spiro atoms. The van der Waals surface area contributed by atoms with Crippen LogP contribution in [-0.4, -0.2) is 28.9 Å². The molecule has 1 N–H and O–H groups in total. The minimum Gasteiger partial charge on any atom is -0.481 e. The molecule has 6 heteroatoms. The lowest BCUT2D eigenvalue weighted by molar-refractivity contribution is -0.138. The van der Waals surface area contributed by atoms with Gasteiger partial charge >= 0.3 is 18.0 Å². The molecule has 0 aromatic carbocycles. The summed E-state index contributed by atoms with van der Waals surface area (Å²) in [4.78, 5) is 36.2. The van der Waals surface area contributed by atoms with Crippen molar-refractivity contribution in [3.63, 3.8) is 0 Å². The van der Waals surface area contributed by atoms with E-state index < -0.39 is 23.9 Å². The number of esters is 1. The van der Waals surface area contributed by atoms with Crippen LogP contribution < -0.4 is 0 Å². The normalized spacial score (nSPS) is 23.9. The molecule has 0 aromatic heterocycles. The highest BCUT2D eigenvalue weighted by Gasteiger charge is 2.35. The van der Waals surface area contributed by atoms with Gasteiger partial charge in [-0.05, 0) is 6.08 Å². The fraction of sp³-hybridized carbons (Fsp3) is 0.111. The van der Waals surface area contributed by atoms with E-state index in [0.29, 0.717) is 0 Å². The summed E-state index contributed by atoms with van der Waals surface area (Å²) in [6, 6.07) is 0. The van der Waals surface area contributed by atoms with Crippen molar-refractivity contribution in [2.24, 2.45) is 10.9 Å². The predicted octanol–water partition coefficient (Wildman–Crippen LogP) is 0.301. The average Bonchev–Trinajstić information content (AvgIpc) is 2.16. The number of fused-ring (bicyclic) bond motifs is 1. The first-order chi connectivity index (χ1) is 7.09. The van der Waals surface area contributed by atoms with Crippen molar-refractivity contribution in [3.05, 3.63) is 23.8 Å². The molecule has 76 valence electrons. The summed E-state index contributed by atoms with van der Waals surface area (Å²) in [5.41, 5.74) is -0.0456. The Kier molecular flexibility index (Phi) is 1.96. The first-order valence-electron chi connectivity index (χ1n) is 4.06. The first-order valence-corrected chi connectivity index (χ1v) is 4.06. The molecule has 6 nitrogen and oxygen atoms in total. The molecule has 1 aliphatic heterocycles. The molecular formula is C9H5NO5. The fourth-order valence-electron chi connectivity index (χ4n) is 1.36. The summed E-state index contributed by atoms with van der Waals surface area (Å²) in [5.74, 6) is -3.10. The van der Waals surface area contributed by atoms with E-state index in [9.17, 15) is 14.4 Å². The number of allylic oxidation sites excluding steroid dienone is 2. The average molecular weight is 207 g/mol. The smallest absolute Gasteiger partial charge is 0.441 e. The summed E-state index contributed by atoms with van der Waals surface area (Å²) in [6.07, 6.45) is 3.06. The molecule has 15 heavy (non-hydrogen) atoms. The summed E-state index contributed by atoms with van der Waals surface area (Å²) < 4.78 is 4.22. The Hall–Kier alpha value is -2.24. The third-order valence-corrected chi connectivity index (χ3v) is 2.01. The molecule has 1 aliphatic carbocycles. The first kappa shape index (κ1) is 9.32. The quantitative estimate of drug-likeness (QED) is 0.493. The van der Waals surface area contributed by atoms with Crippen molar-refractivity contribution in [3.8, 4) is 0 Å². The highest BCUT2D eigenvalue weighted by atomic mass is 16.6. The number of carbonyl (C=O) groups is 3. The highest BCUT2D eigenvalue weighted by molar-refractivity contribution is 6.31. The molecule has 0 saturated carbocycles. The van der Waals surface area contributed by atoms with Crippen molar-refractivity contribution in [2.45, 2.75) is 0 Å². The van der Waals surface area contributed by atoms with E-state index in [4.69, 9.17) is 5.11 Å². The number of amides is 1. The van der Waals surface area contributed by atoms with Gasteiger partial charge in [0.15, 0.2) is 0 Å². The molecule has 1 amide bonds. The SMILES string of the molecule is O=C1N=C2C(=CC=CC2C(=O)O)C(=O)O1. The van der Waals surface area contributed by atoms with Crippen LogP contribution in [0.1, 0.15) is 0 Å². The molecule has 2 rings (SSSR count).